The van der Waals surface area contributed by atoms with Crippen LogP contribution in [0.1, 0.15) is 25.8 Å². The molecule has 0 bridgehead atoms. The highest BCUT2D eigenvalue weighted by molar-refractivity contribution is 8.16. The number of carbonyl (C=O) groups is 1. The van der Waals surface area contributed by atoms with Crippen molar-refractivity contribution in [2.75, 3.05) is 16.4 Å². The molecule has 7 heteroatoms. The maximum Gasteiger partial charge on any atom is 0.248 e. The van der Waals surface area contributed by atoms with E-state index in [2.05, 4.69) is 4.99 Å². The fourth-order valence-electron chi connectivity index (χ4n) is 3.18. The van der Waals surface area contributed by atoms with Crippen molar-refractivity contribution >= 4 is 38.4 Å². The molecule has 2 atom stereocenters. The Morgan fingerprint density at radius 2 is 2.04 bits per heavy atom. The zero-order chi connectivity index (χ0) is 17.5. The predicted octanol–water partition coefficient (Wildman–Crippen LogP) is 2.64. The van der Waals surface area contributed by atoms with Gasteiger partial charge in [-0.1, -0.05) is 43.8 Å². The molecule has 2 fully saturated rings. The van der Waals surface area contributed by atoms with Gasteiger partial charge in [-0.2, -0.15) is 4.99 Å². The Kier molecular flexibility index (Phi) is 4.75. The molecule has 1 aromatic carbocycles. The minimum absolute atomic E-state index is 0.0554. The average Bonchev–Trinajstić information content (AvgIpc) is 2.90. The first-order chi connectivity index (χ1) is 11.3. The second-order valence-electron chi connectivity index (χ2n) is 6.84. The highest BCUT2D eigenvalue weighted by Gasteiger charge is 2.49. The number of para-hydroxylation sites is 1. The summed E-state index contributed by atoms with van der Waals surface area (Å²) in [6, 6.07) is 7.69. The molecule has 2 aliphatic rings. The van der Waals surface area contributed by atoms with Gasteiger partial charge in [0.25, 0.3) is 0 Å². The molecule has 1 amide bonds. The first-order valence-electron chi connectivity index (χ1n) is 8.10. The Morgan fingerprint density at radius 1 is 1.33 bits per heavy atom. The fourth-order valence-corrected chi connectivity index (χ4v) is 7.11. The zero-order valence-corrected chi connectivity index (χ0v) is 15.7. The number of hydrogen-bond donors (Lipinski definition) is 0. The third-order valence-corrected chi connectivity index (χ3v) is 7.45. The Balaban J connectivity index is 1.99. The number of aryl methyl sites for hydroxylation is 1. The highest BCUT2D eigenvalue weighted by Crippen LogP contribution is 2.41. The van der Waals surface area contributed by atoms with Crippen molar-refractivity contribution in [1.29, 1.82) is 0 Å². The first kappa shape index (κ1) is 17.5. The molecule has 130 valence electrons. The Labute approximate surface area is 147 Å². The maximum atomic E-state index is 12.2. The smallest absolute Gasteiger partial charge is 0.248 e. The molecule has 1 aromatic rings. The van der Waals surface area contributed by atoms with E-state index in [0.717, 1.165) is 11.3 Å². The Hall–Kier alpha value is -1.34. The number of carbonyl (C=O) groups excluding carboxylic acids is 1. The molecule has 2 saturated heterocycles. The molecule has 0 unspecified atom stereocenters. The lowest BCUT2D eigenvalue weighted by molar-refractivity contribution is -0.118. The van der Waals surface area contributed by atoms with Crippen molar-refractivity contribution in [3.05, 3.63) is 29.8 Å². The summed E-state index contributed by atoms with van der Waals surface area (Å²) in [4.78, 5) is 18.5. The molecule has 2 aliphatic heterocycles. The molecular formula is C17H22N2O3S2. The number of hydrogen-bond acceptors (Lipinski definition) is 4. The van der Waals surface area contributed by atoms with Gasteiger partial charge in [0.05, 0.1) is 17.5 Å². The molecule has 0 spiro atoms. The average molecular weight is 367 g/mol. The van der Waals surface area contributed by atoms with Gasteiger partial charge >= 0.3 is 0 Å². The molecule has 5 nitrogen and oxygen atoms in total. The van der Waals surface area contributed by atoms with E-state index in [9.17, 15) is 13.2 Å². The van der Waals surface area contributed by atoms with E-state index in [4.69, 9.17) is 0 Å². The van der Waals surface area contributed by atoms with Crippen LogP contribution in [0.2, 0.25) is 0 Å². The molecule has 24 heavy (non-hydrogen) atoms. The van der Waals surface area contributed by atoms with Crippen molar-refractivity contribution in [1.82, 2.24) is 0 Å². The Bertz CT molecular complexity index is 787. The summed E-state index contributed by atoms with van der Waals surface area (Å²) in [5, 5.41) is 0.583. The van der Waals surface area contributed by atoms with Crippen molar-refractivity contribution in [3.63, 3.8) is 0 Å². The third-order valence-electron chi connectivity index (χ3n) is 4.24. The van der Waals surface area contributed by atoms with E-state index in [1.54, 1.807) is 0 Å². The molecule has 3 rings (SSSR count). The van der Waals surface area contributed by atoms with Gasteiger partial charge < -0.3 is 4.90 Å². The summed E-state index contributed by atoms with van der Waals surface area (Å²) in [5.74, 6) is 0.382. The van der Waals surface area contributed by atoms with Crippen molar-refractivity contribution < 1.29 is 13.2 Å². The van der Waals surface area contributed by atoms with Crippen LogP contribution in [0.3, 0.4) is 0 Å². The number of benzene rings is 1. The largest absolute Gasteiger partial charge is 0.315 e. The second-order valence-corrected chi connectivity index (χ2v) is 10.2. The van der Waals surface area contributed by atoms with E-state index < -0.39 is 9.84 Å². The normalized spacial score (nSPS) is 27.0. The lowest BCUT2D eigenvalue weighted by Crippen LogP contribution is -2.38. The maximum absolute atomic E-state index is 12.2. The number of nitrogens with zero attached hydrogens (tertiary/aromatic N) is 2. The molecule has 0 saturated carbocycles. The van der Waals surface area contributed by atoms with E-state index in [0.29, 0.717) is 11.6 Å². The van der Waals surface area contributed by atoms with Crippen LogP contribution in [0.4, 0.5) is 5.69 Å². The van der Waals surface area contributed by atoms with Gasteiger partial charge in [-0.15, -0.1) is 0 Å². The molecule has 0 aromatic heterocycles. The van der Waals surface area contributed by atoms with Crippen LogP contribution in [0, 0.1) is 12.8 Å². The van der Waals surface area contributed by atoms with Gasteiger partial charge in [-0.3, -0.25) is 4.79 Å². The van der Waals surface area contributed by atoms with Crippen LogP contribution in [-0.4, -0.2) is 42.3 Å². The SMILES string of the molecule is Cc1ccccc1N1C(=NC(=O)CC(C)C)S[C@@H]2CS(=O)(=O)C[C@H]21. The summed E-state index contributed by atoms with van der Waals surface area (Å²) in [7, 11) is -3.03. The van der Waals surface area contributed by atoms with Crippen molar-refractivity contribution in [2.24, 2.45) is 10.9 Å². The van der Waals surface area contributed by atoms with Gasteiger partial charge in [0.15, 0.2) is 15.0 Å². The molecule has 2 heterocycles. The lowest BCUT2D eigenvalue weighted by Gasteiger charge is -2.26. The molecule has 0 radical (unpaired) electrons. The molecule has 0 N–H and O–H groups in total. The number of fused-ring (bicyclic) bond motifs is 1. The summed E-state index contributed by atoms with van der Waals surface area (Å²) < 4.78 is 24.1. The number of aliphatic imine (C=N–C) groups is 1. The van der Waals surface area contributed by atoms with Gasteiger partial charge in [0.1, 0.15) is 0 Å². The topological polar surface area (TPSA) is 66.8 Å². The summed E-state index contributed by atoms with van der Waals surface area (Å²) in [6.07, 6.45) is 0.402. The number of amidine groups is 1. The lowest BCUT2D eigenvalue weighted by atomic mass is 10.1. The number of anilines is 1. The first-order valence-corrected chi connectivity index (χ1v) is 10.8. The quantitative estimate of drug-likeness (QED) is 0.823. The van der Waals surface area contributed by atoms with Crippen LogP contribution >= 0.6 is 11.8 Å². The summed E-state index contributed by atoms with van der Waals surface area (Å²) in [5.41, 5.74) is 1.98. The van der Waals surface area contributed by atoms with E-state index in [1.807, 2.05) is 49.9 Å². The highest BCUT2D eigenvalue weighted by atomic mass is 32.2. The summed E-state index contributed by atoms with van der Waals surface area (Å²) >= 11 is 1.43. The zero-order valence-electron chi connectivity index (χ0n) is 14.1. The standard InChI is InChI=1S/C17H22N2O3S2/c1-11(2)8-16(20)18-17-19(13-7-5-4-6-12(13)3)14-9-24(21,22)10-15(14)23-17/h4-7,11,14-15H,8-10H2,1-3H3/t14-,15-/m1/s1. The van der Waals surface area contributed by atoms with Gasteiger partial charge in [-0.25, -0.2) is 8.42 Å². The predicted molar refractivity (Wildman–Crippen MR) is 99.4 cm³/mol. The van der Waals surface area contributed by atoms with Crippen LogP contribution in [0.15, 0.2) is 29.3 Å². The number of rotatable bonds is 3. The fraction of sp³-hybridized carbons (Fsp3) is 0.529. The van der Waals surface area contributed by atoms with Crippen LogP contribution < -0.4 is 4.90 Å². The minimum Gasteiger partial charge on any atom is -0.315 e. The Morgan fingerprint density at radius 3 is 2.71 bits per heavy atom. The monoisotopic (exact) mass is 366 g/mol. The van der Waals surface area contributed by atoms with Gasteiger partial charge in [0, 0.05) is 17.4 Å². The van der Waals surface area contributed by atoms with Crippen molar-refractivity contribution in [2.45, 2.75) is 38.5 Å². The summed E-state index contributed by atoms with van der Waals surface area (Å²) in [6.45, 7) is 5.96. The second kappa shape index (κ2) is 6.52. The van der Waals surface area contributed by atoms with Crippen LogP contribution in [-0.2, 0) is 14.6 Å². The van der Waals surface area contributed by atoms with Gasteiger partial charge in [0.2, 0.25) is 5.91 Å². The van der Waals surface area contributed by atoms with E-state index in [1.165, 1.54) is 11.8 Å². The number of amides is 1. The van der Waals surface area contributed by atoms with Crippen LogP contribution in [0.5, 0.6) is 0 Å². The molecular weight excluding hydrogens is 344 g/mol. The van der Waals surface area contributed by atoms with E-state index in [-0.39, 0.29) is 34.6 Å². The third kappa shape index (κ3) is 3.52. The van der Waals surface area contributed by atoms with Crippen LogP contribution in [0.25, 0.3) is 0 Å². The van der Waals surface area contributed by atoms with Gasteiger partial charge in [-0.05, 0) is 24.5 Å². The van der Waals surface area contributed by atoms with Crippen molar-refractivity contribution in [3.8, 4) is 0 Å². The van der Waals surface area contributed by atoms with E-state index >= 15 is 0 Å². The number of thioether (sulfide) groups is 1. The minimum atomic E-state index is -3.03. The number of sulfone groups is 1. The molecule has 0 aliphatic carbocycles.